The number of esters is 1. The third-order valence-corrected chi connectivity index (χ3v) is 4.91. The highest BCUT2D eigenvalue weighted by Crippen LogP contribution is 2.24. The van der Waals surface area contributed by atoms with Crippen molar-refractivity contribution in [3.8, 4) is 0 Å². The Morgan fingerprint density at radius 3 is 2.84 bits per heavy atom. The lowest BCUT2D eigenvalue weighted by Crippen LogP contribution is -2.40. The van der Waals surface area contributed by atoms with E-state index < -0.39 is 0 Å². The van der Waals surface area contributed by atoms with Gasteiger partial charge in [-0.2, -0.15) is 0 Å². The lowest BCUT2D eigenvalue weighted by molar-refractivity contribution is -0.145. The van der Waals surface area contributed by atoms with Gasteiger partial charge < -0.3 is 19.5 Å². The van der Waals surface area contributed by atoms with E-state index in [1.165, 1.54) is 7.11 Å². The zero-order chi connectivity index (χ0) is 18.0. The van der Waals surface area contributed by atoms with E-state index in [4.69, 9.17) is 4.74 Å². The fourth-order valence-corrected chi connectivity index (χ4v) is 3.44. The fraction of sp³-hybridized carbons (Fsp3) is 0.500. The van der Waals surface area contributed by atoms with Gasteiger partial charge in [0.1, 0.15) is 5.82 Å². The molecule has 1 fully saturated rings. The van der Waals surface area contributed by atoms with E-state index in [-0.39, 0.29) is 17.8 Å². The minimum absolute atomic E-state index is 0.112. The molecule has 0 aliphatic carbocycles. The molecule has 2 atom stereocenters. The molecule has 0 saturated carbocycles. The summed E-state index contributed by atoms with van der Waals surface area (Å²) in [7, 11) is 5.21. The van der Waals surface area contributed by atoms with Crippen LogP contribution >= 0.6 is 0 Å². The number of carbonyl (C=O) groups is 1. The predicted octanol–water partition coefficient (Wildman–Crippen LogP) is 1.39. The van der Waals surface area contributed by atoms with Gasteiger partial charge in [0.15, 0.2) is 5.96 Å². The van der Waals surface area contributed by atoms with Crippen molar-refractivity contribution in [2.75, 3.05) is 27.2 Å². The number of carbonyl (C=O) groups excluding carboxylic acids is 1. The van der Waals surface area contributed by atoms with E-state index in [9.17, 15) is 4.79 Å². The Hall–Kier alpha value is -2.57. The molecule has 7 heteroatoms. The molecular formula is C18H25N5O2. The van der Waals surface area contributed by atoms with Crippen LogP contribution in [0, 0.1) is 11.8 Å². The number of methoxy groups -OCH3 is 1. The van der Waals surface area contributed by atoms with E-state index in [2.05, 4.69) is 37.8 Å². The standard InChI is InChI=1S/C18H25N5O2/c1-12-10-23(11-13(12)17(24)25-4)18(19-2)20-9-16-21-14-7-5-6-8-15(14)22(16)3/h5-8,12-13H,9-11H2,1-4H3,(H,19,20). The van der Waals surface area contributed by atoms with Crippen LogP contribution in [0.3, 0.4) is 0 Å². The lowest BCUT2D eigenvalue weighted by atomic mass is 9.99. The molecule has 1 aliphatic heterocycles. The molecule has 1 N–H and O–H groups in total. The predicted molar refractivity (Wildman–Crippen MR) is 97.2 cm³/mol. The topological polar surface area (TPSA) is 71.8 Å². The molecule has 2 aromatic rings. The summed E-state index contributed by atoms with van der Waals surface area (Å²) in [6, 6.07) is 8.07. The van der Waals surface area contributed by atoms with E-state index in [1.807, 2.05) is 25.2 Å². The molecule has 3 rings (SSSR count). The van der Waals surface area contributed by atoms with Gasteiger partial charge in [-0.25, -0.2) is 4.98 Å². The number of aliphatic imine (C=N–C) groups is 1. The van der Waals surface area contributed by atoms with E-state index >= 15 is 0 Å². The number of ether oxygens (including phenoxy) is 1. The highest BCUT2D eigenvalue weighted by atomic mass is 16.5. The first-order valence-corrected chi connectivity index (χ1v) is 8.49. The molecule has 25 heavy (non-hydrogen) atoms. The van der Waals surface area contributed by atoms with Crippen molar-refractivity contribution in [3.63, 3.8) is 0 Å². The number of nitrogens with one attached hydrogen (secondary N) is 1. The summed E-state index contributed by atoms with van der Waals surface area (Å²) in [6.07, 6.45) is 0. The highest BCUT2D eigenvalue weighted by molar-refractivity contribution is 5.82. The average molecular weight is 343 g/mol. The van der Waals surface area contributed by atoms with Crippen molar-refractivity contribution in [2.24, 2.45) is 23.9 Å². The van der Waals surface area contributed by atoms with Gasteiger partial charge in [0.25, 0.3) is 0 Å². The van der Waals surface area contributed by atoms with Crippen LogP contribution < -0.4 is 5.32 Å². The SMILES string of the molecule is CN=C(NCc1nc2ccccc2n1C)N1CC(C)C(C(=O)OC)C1. The first kappa shape index (κ1) is 17.3. The number of fused-ring (bicyclic) bond motifs is 1. The zero-order valence-corrected chi connectivity index (χ0v) is 15.2. The monoisotopic (exact) mass is 343 g/mol. The Bertz CT molecular complexity index is 798. The minimum atomic E-state index is -0.152. The molecule has 1 aromatic heterocycles. The van der Waals surface area contributed by atoms with Crippen molar-refractivity contribution < 1.29 is 9.53 Å². The van der Waals surface area contributed by atoms with Crippen LogP contribution in [-0.4, -0.2) is 53.6 Å². The molecule has 2 heterocycles. The number of aryl methyl sites for hydroxylation is 1. The van der Waals surface area contributed by atoms with Crippen molar-refractivity contribution in [1.82, 2.24) is 19.8 Å². The molecular weight excluding hydrogens is 318 g/mol. The molecule has 2 unspecified atom stereocenters. The van der Waals surface area contributed by atoms with Crippen LogP contribution in [0.4, 0.5) is 0 Å². The van der Waals surface area contributed by atoms with Gasteiger partial charge in [0.05, 0.1) is 30.6 Å². The number of benzene rings is 1. The third kappa shape index (κ3) is 3.31. The van der Waals surface area contributed by atoms with Crippen LogP contribution in [0.25, 0.3) is 11.0 Å². The third-order valence-electron chi connectivity index (χ3n) is 4.91. The van der Waals surface area contributed by atoms with Crippen molar-refractivity contribution in [2.45, 2.75) is 13.5 Å². The molecule has 134 valence electrons. The first-order valence-electron chi connectivity index (χ1n) is 8.49. The quantitative estimate of drug-likeness (QED) is 0.518. The van der Waals surface area contributed by atoms with Gasteiger partial charge in [-0.15, -0.1) is 0 Å². The van der Waals surface area contributed by atoms with Gasteiger partial charge in [0.2, 0.25) is 0 Å². The Kier molecular flexibility index (Phi) is 4.92. The smallest absolute Gasteiger partial charge is 0.310 e. The normalized spacial score (nSPS) is 21.0. The average Bonchev–Trinajstić information content (AvgIpc) is 3.16. The van der Waals surface area contributed by atoms with Crippen LogP contribution in [0.5, 0.6) is 0 Å². The van der Waals surface area contributed by atoms with Gasteiger partial charge in [-0.1, -0.05) is 19.1 Å². The molecule has 0 bridgehead atoms. The molecule has 0 spiro atoms. The number of hydrogen-bond donors (Lipinski definition) is 1. The van der Waals surface area contributed by atoms with E-state index in [0.717, 1.165) is 29.4 Å². The number of guanidine groups is 1. The Labute approximate surface area is 147 Å². The Morgan fingerprint density at radius 1 is 1.40 bits per heavy atom. The number of rotatable bonds is 3. The first-order chi connectivity index (χ1) is 12.0. The molecule has 1 aromatic carbocycles. The van der Waals surface area contributed by atoms with Gasteiger partial charge in [-0.05, 0) is 18.1 Å². The highest BCUT2D eigenvalue weighted by Gasteiger charge is 2.36. The van der Waals surface area contributed by atoms with E-state index in [0.29, 0.717) is 13.1 Å². The Balaban J connectivity index is 1.69. The van der Waals surface area contributed by atoms with Crippen molar-refractivity contribution in [3.05, 3.63) is 30.1 Å². The number of para-hydroxylation sites is 2. The molecule has 0 amide bonds. The number of imidazole rings is 1. The van der Waals surface area contributed by atoms with Crippen LogP contribution in [-0.2, 0) is 23.1 Å². The fourth-order valence-electron chi connectivity index (χ4n) is 3.44. The van der Waals surface area contributed by atoms with Gasteiger partial charge >= 0.3 is 5.97 Å². The zero-order valence-electron chi connectivity index (χ0n) is 15.2. The van der Waals surface area contributed by atoms with E-state index in [1.54, 1.807) is 7.05 Å². The maximum Gasteiger partial charge on any atom is 0.310 e. The van der Waals surface area contributed by atoms with Crippen LogP contribution in [0.15, 0.2) is 29.3 Å². The van der Waals surface area contributed by atoms with Crippen molar-refractivity contribution in [1.29, 1.82) is 0 Å². The second kappa shape index (κ2) is 7.13. The summed E-state index contributed by atoms with van der Waals surface area (Å²) >= 11 is 0. The summed E-state index contributed by atoms with van der Waals surface area (Å²) in [6.45, 7) is 4.05. The summed E-state index contributed by atoms with van der Waals surface area (Å²) in [5.41, 5.74) is 2.09. The summed E-state index contributed by atoms with van der Waals surface area (Å²) in [4.78, 5) is 23.0. The molecule has 1 aliphatic rings. The number of likely N-dealkylation sites (tertiary alicyclic amines) is 1. The molecule has 1 saturated heterocycles. The maximum atomic E-state index is 11.9. The summed E-state index contributed by atoms with van der Waals surface area (Å²) < 4.78 is 6.99. The summed E-state index contributed by atoms with van der Waals surface area (Å²) in [5, 5.41) is 3.37. The van der Waals surface area contributed by atoms with Gasteiger partial charge in [-0.3, -0.25) is 9.79 Å². The van der Waals surface area contributed by atoms with Gasteiger partial charge in [0, 0.05) is 27.2 Å². The minimum Gasteiger partial charge on any atom is -0.469 e. The van der Waals surface area contributed by atoms with Crippen LogP contribution in [0.2, 0.25) is 0 Å². The summed E-state index contributed by atoms with van der Waals surface area (Å²) in [5.74, 6) is 1.70. The van der Waals surface area contributed by atoms with Crippen molar-refractivity contribution >= 4 is 23.0 Å². The Morgan fingerprint density at radius 2 is 2.16 bits per heavy atom. The maximum absolute atomic E-state index is 11.9. The van der Waals surface area contributed by atoms with Crippen LogP contribution in [0.1, 0.15) is 12.7 Å². The largest absolute Gasteiger partial charge is 0.469 e. The molecule has 7 nitrogen and oxygen atoms in total. The number of aromatic nitrogens is 2. The second-order valence-electron chi connectivity index (χ2n) is 6.49. The number of nitrogens with zero attached hydrogens (tertiary/aromatic N) is 4. The second-order valence-corrected chi connectivity index (χ2v) is 6.49. The lowest BCUT2D eigenvalue weighted by Gasteiger charge is -2.21. The number of hydrogen-bond acceptors (Lipinski definition) is 4. The molecule has 0 radical (unpaired) electrons.